The molecule has 50 heavy (non-hydrogen) atoms. The van der Waals surface area contributed by atoms with Gasteiger partial charge in [-0.1, -0.05) is 94.6 Å². The molecule has 6 heteroatoms. The van der Waals surface area contributed by atoms with Gasteiger partial charge in [-0.3, -0.25) is 0 Å². The molecule has 0 N–H and O–H groups in total. The summed E-state index contributed by atoms with van der Waals surface area (Å²) in [7, 11) is 0. The van der Waals surface area contributed by atoms with E-state index in [1.165, 1.54) is 83.1 Å². The van der Waals surface area contributed by atoms with Crippen molar-refractivity contribution < 1.29 is 19.5 Å². The minimum atomic E-state index is 0. The van der Waals surface area contributed by atoms with Gasteiger partial charge in [0.25, 0.3) is 0 Å². The average molecular weight is 721 g/mol. The Bertz CT molecular complexity index is 2320. The molecule has 8 atom stereocenters. The van der Waals surface area contributed by atoms with Crippen LogP contribution in [0.15, 0.2) is 66.8 Å². The van der Waals surface area contributed by atoms with Gasteiger partial charge in [-0.25, -0.2) is 9.97 Å². The molecule has 0 saturated heterocycles. The fourth-order valence-corrected chi connectivity index (χ4v) is 12.1. The van der Waals surface area contributed by atoms with E-state index in [0.717, 1.165) is 62.7 Å². The first kappa shape index (κ1) is 29.1. The van der Waals surface area contributed by atoms with Crippen molar-refractivity contribution in [3.63, 3.8) is 0 Å². The van der Waals surface area contributed by atoms with Crippen LogP contribution >= 0.6 is 11.6 Å². The Morgan fingerprint density at radius 2 is 0.720 bits per heavy atom. The Morgan fingerprint density at radius 1 is 0.420 bits per heavy atom. The van der Waals surface area contributed by atoms with Crippen molar-refractivity contribution in [3.05, 3.63) is 117 Å². The maximum absolute atomic E-state index is 7.70. The summed E-state index contributed by atoms with van der Waals surface area (Å²) in [5, 5.41) is 0.731. The van der Waals surface area contributed by atoms with Gasteiger partial charge in [-0.05, 0) is 79.7 Å². The maximum atomic E-state index is 7.70. The van der Waals surface area contributed by atoms with E-state index in [2.05, 4.69) is 66.8 Å². The second kappa shape index (κ2) is 10.1. The van der Waals surface area contributed by atoms with E-state index in [1.807, 2.05) is 0 Å². The molecule has 5 heterocycles. The van der Waals surface area contributed by atoms with Crippen LogP contribution in [0.3, 0.4) is 0 Å². The molecule has 14 aliphatic rings. The van der Waals surface area contributed by atoms with Gasteiger partial charge in [-0.15, -0.1) is 22.1 Å². The number of hydrogen-bond acceptors (Lipinski definition) is 2. The monoisotopic (exact) mass is 718 g/mol. The van der Waals surface area contributed by atoms with Crippen molar-refractivity contribution >= 4 is 56.0 Å². The minimum Gasteiger partial charge on any atom is -0.656 e. The van der Waals surface area contributed by atoms with Crippen molar-refractivity contribution in [1.82, 2.24) is 19.9 Å². The van der Waals surface area contributed by atoms with Crippen LogP contribution in [0.25, 0.3) is 44.4 Å². The standard InChI is InChI=1S/C44H35ClN4.Zn/c45-42-43-40-26-13-9-24(10-14-26)38(40)32(48-43)18-30-36-22-5-1-20(2-6-22)34(36)28(46-30)17-29-35-21-3-7-23(8-4-21)37(35)31(47-29)19-33-39-25-11-15-27(16-12-25)41(39)44(42)49-33;/h1,3,5,7,9,11,13,15,17-27H,2,4,6,8,10,12,14,16H2;/q-2;+2/t20-,21+,22+,23-,24-,25+,26+,27-;. The predicted molar refractivity (Wildman–Crippen MR) is 196 cm³/mol. The fourth-order valence-electron chi connectivity index (χ4n) is 11.9. The first-order valence-electron chi connectivity index (χ1n) is 18.8. The topological polar surface area (TPSA) is 54.0 Å². The number of nitrogens with zero attached hydrogens (tertiary/aromatic N) is 4. The van der Waals surface area contributed by atoms with Crippen molar-refractivity contribution in [1.29, 1.82) is 0 Å². The zero-order chi connectivity index (χ0) is 31.7. The quantitative estimate of drug-likeness (QED) is 0.171. The number of hydrogen-bond donors (Lipinski definition) is 0. The van der Waals surface area contributed by atoms with Crippen LogP contribution in [0.1, 0.15) is 120 Å². The van der Waals surface area contributed by atoms with Crippen molar-refractivity contribution in [2.75, 3.05) is 0 Å². The maximum Gasteiger partial charge on any atom is 2.00 e. The normalized spacial score (nSPS) is 32.4. The number of allylic oxidation sites excluding steroid dienone is 12. The molecule has 0 unspecified atom stereocenters. The molecular weight excluding hydrogens is 685 g/mol. The Balaban J connectivity index is 0.00000286. The SMILES string of the molecule is Clc1c2[n-]c(cc3nc(cc4nc(cc5[n-]c1c1c5[C@@H]5C=C[C@H]1CC5)C1=C4[C@@H]4C=C[C@H]1CC4)C1=C3[C@@H]3C=C[C@H]1CC3)c1c2[C@@H]2C=C[C@H]1CC2.[Zn+2]. The van der Waals surface area contributed by atoms with Gasteiger partial charge >= 0.3 is 19.5 Å². The van der Waals surface area contributed by atoms with Crippen molar-refractivity contribution in [2.45, 2.75) is 75.0 Å². The van der Waals surface area contributed by atoms with Crippen LogP contribution in [0.5, 0.6) is 0 Å². The number of rotatable bonds is 0. The molecule has 0 spiro atoms. The summed E-state index contributed by atoms with van der Waals surface area (Å²) in [6.07, 6.45) is 28.9. The first-order valence-corrected chi connectivity index (χ1v) is 19.2. The molecule has 0 radical (unpaired) electrons. The molecule has 0 saturated carbocycles. The largest absolute Gasteiger partial charge is 2.00 e. The fraction of sp³-hybridized carbons (Fsp3) is 0.364. The molecule has 3 aromatic rings. The second-order valence-electron chi connectivity index (χ2n) is 16.2. The van der Waals surface area contributed by atoms with E-state index < -0.39 is 0 Å². The zero-order valence-electron chi connectivity index (χ0n) is 28.0. The number of halogens is 1. The second-order valence-corrected chi connectivity index (χ2v) is 16.6. The summed E-state index contributed by atoms with van der Waals surface area (Å²) in [5.41, 5.74) is 19.6. The van der Waals surface area contributed by atoms with Crippen molar-refractivity contribution in [2.24, 2.45) is 23.7 Å². The van der Waals surface area contributed by atoms with E-state index in [-0.39, 0.29) is 19.5 Å². The van der Waals surface area contributed by atoms with E-state index in [9.17, 15) is 0 Å². The molecule has 16 bridgehead atoms. The van der Waals surface area contributed by atoms with Crippen molar-refractivity contribution in [3.8, 4) is 0 Å². The molecule has 240 valence electrons. The first-order chi connectivity index (χ1) is 24.2. The summed E-state index contributed by atoms with van der Waals surface area (Å²) in [5.74, 6) is 3.08. The molecule has 17 rings (SSSR count). The summed E-state index contributed by atoms with van der Waals surface area (Å²) in [6, 6.07) is 7.03. The number of aromatic nitrogens is 4. The van der Waals surface area contributed by atoms with Crippen LogP contribution in [0, 0.1) is 23.7 Å². The Kier molecular flexibility index (Phi) is 5.86. The van der Waals surface area contributed by atoms with Crippen LogP contribution < -0.4 is 9.97 Å². The zero-order valence-corrected chi connectivity index (χ0v) is 31.7. The smallest absolute Gasteiger partial charge is 0.656 e. The third-order valence-corrected chi connectivity index (χ3v) is 14.3. The Labute approximate surface area is 309 Å². The molecular formula is C44H35ClN4Zn. The molecule has 12 aliphatic carbocycles. The molecule has 0 amide bonds. The van der Waals surface area contributed by atoms with Gasteiger partial charge < -0.3 is 9.97 Å². The molecule has 0 aromatic carbocycles. The molecule has 0 fully saturated rings. The van der Waals surface area contributed by atoms with E-state index in [4.69, 9.17) is 31.5 Å². The summed E-state index contributed by atoms with van der Waals surface area (Å²) >= 11 is 7.70. The molecule has 3 aromatic heterocycles. The van der Waals surface area contributed by atoms with E-state index in [1.54, 1.807) is 0 Å². The summed E-state index contributed by atoms with van der Waals surface area (Å²) < 4.78 is 0. The number of fused-ring (bicyclic) bond motifs is 12. The van der Waals surface area contributed by atoms with Gasteiger partial charge in [0, 0.05) is 52.4 Å². The van der Waals surface area contributed by atoms with E-state index in [0.29, 0.717) is 47.3 Å². The van der Waals surface area contributed by atoms with E-state index >= 15 is 0 Å². The van der Waals surface area contributed by atoms with Gasteiger partial charge in [0.05, 0.1) is 22.8 Å². The third-order valence-electron chi connectivity index (χ3n) is 13.9. The average Bonchev–Trinajstić information content (AvgIpc) is 3.94. The van der Waals surface area contributed by atoms with Crippen LogP contribution in [-0.4, -0.2) is 9.97 Å². The Hall–Kier alpha value is -3.53. The van der Waals surface area contributed by atoms with Crippen LogP contribution in [-0.2, 0) is 19.5 Å². The van der Waals surface area contributed by atoms with Crippen LogP contribution in [0.4, 0.5) is 0 Å². The van der Waals surface area contributed by atoms with Gasteiger partial charge in [-0.2, -0.15) is 0 Å². The summed E-state index contributed by atoms with van der Waals surface area (Å²) in [4.78, 5) is 22.1. The summed E-state index contributed by atoms with van der Waals surface area (Å²) in [6.45, 7) is 0. The molecule has 2 aliphatic heterocycles. The molecule has 4 nitrogen and oxygen atoms in total. The van der Waals surface area contributed by atoms with Crippen LogP contribution in [0.2, 0.25) is 5.02 Å². The van der Waals surface area contributed by atoms with Gasteiger partial charge in [0.2, 0.25) is 0 Å². The van der Waals surface area contributed by atoms with Gasteiger partial charge in [0.15, 0.2) is 0 Å². The predicted octanol–water partition coefficient (Wildman–Crippen LogP) is 10.3. The third kappa shape index (κ3) is 3.62. The Morgan fingerprint density at radius 3 is 1.06 bits per heavy atom. The van der Waals surface area contributed by atoms with Gasteiger partial charge in [0.1, 0.15) is 0 Å². The minimum absolute atomic E-state index is 0.